The van der Waals surface area contributed by atoms with Crippen LogP contribution in [0.5, 0.6) is 0 Å². The molecule has 0 aromatic heterocycles. The molecule has 0 amide bonds. The van der Waals surface area contributed by atoms with Crippen molar-refractivity contribution in [2.75, 3.05) is 0 Å². The Kier molecular flexibility index (Phi) is 4.48. The minimum absolute atomic E-state index is 0.366. The van der Waals surface area contributed by atoms with Crippen LogP contribution in [0.2, 0.25) is 0 Å². The van der Waals surface area contributed by atoms with Gasteiger partial charge in [0, 0.05) is 5.56 Å². The molecule has 0 aliphatic rings. The van der Waals surface area contributed by atoms with Gasteiger partial charge in [-0.05, 0) is 30.0 Å². The zero-order valence-electron chi connectivity index (χ0n) is 10.1. The summed E-state index contributed by atoms with van der Waals surface area (Å²) >= 11 is 0. The van der Waals surface area contributed by atoms with Crippen LogP contribution < -0.4 is 0 Å². The van der Waals surface area contributed by atoms with E-state index in [2.05, 4.69) is 0 Å². The monoisotopic (exact) mass is 262 g/mol. The summed E-state index contributed by atoms with van der Waals surface area (Å²) in [5.74, 6) is -6.45. The molecular formula is C13H14F4O. The van der Waals surface area contributed by atoms with Crippen LogP contribution >= 0.6 is 0 Å². The van der Waals surface area contributed by atoms with Gasteiger partial charge in [-0.25, -0.2) is 8.78 Å². The summed E-state index contributed by atoms with van der Waals surface area (Å²) in [4.78, 5) is 11.3. The van der Waals surface area contributed by atoms with Crippen molar-refractivity contribution in [2.45, 2.75) is 39.0 Å². The molecule has 0 heterocycles. The highest BCUT2D eigenvalue weighted by atomic mass is 19.3. The van der Waals surface area contributed by atoms with Gasteiger partial charge < -0.3 is 0 Å². The number of benzene rings is 1. The molecule has 0 bridgehead atoms. The summed E-state index contributed by atoms with van der Waals surface area (Å²) < 4.78 is 50.1. The predicted molar refractivity (Wildman–Crippen MR) is 60.5 cm³/mol. The summed E-state index contributed by atoms with van der Waals surface area (Å²) in [6.07, 6.45) is -2.73. The lowest BCUT2D eigenvalue weighted by atomic mass is 9.96. The largest absolute Gasteiger partial charge is 0.368 e. The minimum atomic E-state index is -4.63. The van der Waals surface area contributed by atoms with Gasteiger partial charge in [-0.3, -0.25) is 4.79 Å². The quantitative estimate of drug-likeness (QED) is 0.581. The van der Waals surface area contributed by atoms with Gasteiger partial charge in [-0.2, -0.15) is 8.78 Å². The summed E-state index contributed by atoms with van der Waals surface area (Å²) in [6, 6.07) is 3.99. The number of hydrogen-bond acceptors (Lipinski definition) is 1. The highest BCUT2D eigenvalue weighted by molar-refractivity contribution is 6.01. The second kappa shape index (κ2) is 5.50. The summed E-state index contributed by atoms with van der Waals surface area (Å²) in [5.41, 5.74) is 1.29. The van der Waals surface area contributed by atoms with Gasteiger partial charge in [0.25, 0.3) is 0 Å². The van der Waals surface area contributed by atoms with Gasteiger partial charge in [-0.15, -0.1) is 0 Å². The van der Waals surface area contributed by atoms with Crippen molar-refractivity contribution >= 4 is 5.78 Å². The van der Waals surface area contributed by atoms with Gasteiger partial charge in [0.2, 0.25) is 5.78 Å². The molecule has 0 fully saturated rings. The molecule has 0 unspecified atom stereocenters. The Bertz CT molecular complexity index is 441. The Morgan fingerprint density at radius 1 is 1.17 bits per heavy atom. The van der Waals surface area contributed by atoms with E-state index in [1.54, 1.807) is 0 Å². The SMILES string of the molecule is CCc1ccc(C(=O)C(F)(F)C(F)F)cc1CC. The molecule has 0 aliphatic heterocycles. The van der Waals surface area contributed by atoms with E-state index in [1.807, 2.05) is 13.8 Å². The average Bonchev–Trinajstić information content (AvgIpc) is 2.36. The molecule has 0 atom stereocenters. The molecule has 5 heteroatoms. The van der Waals surface area contributed by atoms with E-state index in [4.69, 9.17) is 0 Å². The molecular weight excluding hydrogens is 248 g/mol. The van der Waals surface area contributed by atoms with Crippen LogP contribution in [0.25, 0.3) is 0 Å². The number of carbonyl (C=O) groups excluding carboxylic acids is 1. The number of alkyl halides is 4. The second-order valence-corrected chi connectivity index (χ2v) is 3.94. The molecule has 0 saturated carbocycles. The van der Waals surface area contributed by atoms with Crippen LogP contribution in [0.1, 0.15) is 35.3 Å². The number of Topliss-reactive ketones (excluding diaryl/α,β-unsaturated/α-hetero) is 1. The standard InChI is InChI=1S/C13H14F4O/c1-3-8-5-6-10(7-9(8)4-2)11(18)13(16,17)12(14)15/h5-7,12H,3-4H2,1-2H3. The fourth-order valence-electron chi connectivity index (χ4n) is 1.73. The number of halogens is 4. The third-order valence-corrected chi connectivity index (χ3v) is 2.81. The van der Waals surface area contributed by atoms with Crippen LogP contribution in [0, 0.1) is 0 Å². The fraction of sp³-hybridized carbons (Fsp3) is 0.462. The molecule has 0 aliphatic carbocycles. The van der Waals surface area contributed by atoms with Crippen molar-refractivity contribution < 1.29 is 22.4 Å². The Balaban J connectivity index is 3.15. The van der Waals surface area contributed by atoms with E-state index >= 15 is 0 Å². The zero-order chi connectivity index (χ0) is 13.9. The summed E-state index contributed by atoms with van der Waals surface area (Å²) in [7, 11) is 0. The van der Waals surface area contributed by atoms with Crippen LogP contribution in [0.3, 0.4) is 0 Å². The van der Waals surface area contributed by atoms with Crippen molar-refractivity contribution in [1.29, 1.82) is 0 Å². The third kappa shape index (κ3) is 2.71. The van der Waals surface area contributed by atoms with Gasteiger partial charge in [0.15, 0.2) is 0 Å². The predicted octanol–water partition coefficient (Wildman–Crippen LogP) is 3.89. The summed E-state index contributed by atoms with van der Waals surface area (Å²) in [6.45, 7) is 3.71. The number of carbonyl (C=O) groups is 1. The van der Waals surface area contributed by atoms with E-state index in [1.165, 1.54) is 18.2 Å². The van der Waals surface area contributed by atoms with Crippen molar-refractivity contribution in [1.82, 2.24) is 0 Å². The maximum Gasteiger partial charge on any atom is 0.368 e. The van der Waals surface area contributed by atoms with Gasteiger partial charge in [-0.1, -0.05) is 26.0 Å². The zero-order valence-corrected chi connectivity index (χ0v) is 10.1. The first-order valence-corrected chi connectivity index (χ1v) is 5.67. The molecule has 0 spiro atoms. The smallest absolute Gasteiger partial charge is 0.287 e. The highest BCUT2D eigenvalue weighted by Gasteiger charge is 2.49. The third-order valence-electron chi connectivity index (χ3n) is 2.81. The van der Waals surface area contributed by atoms with E-state index < -0.39 is 18.1 Å². The first-order valence-electron chi connectivity index (χ1n) is 5.67. The van der Waals surface area contributed by atoms with E-state index in [0.29, 0.717) is 12.8 Å². The molecule has 1 rings (SSSR count). The lowest BCUT2D eigenvalue weighted by molar-refractivity contribution is -0.0958. The van der Waals surface area contributed by atoms with Crippen molar-refractivity contribution in [3.8, 4) is 0 Å². The van der Waals surface area contributed by atoms with E-state index in [0.717, 1.165) is 11.1 Å². The molecule has 18 heavy (non-hydrogen) atoms. The molecule has 1 aromatic rings. The minimum Gasteiger partial charge on any atom is -0.287 e. The van der Waals surface area contributed by atoms with Gasteiger partial charge >= 0.3 is 12.3 Å². The lowest BCUT2D eigenvalue weighted by Gasteiger charge is -2.15. The van der Waals surface area contributed by atoms with Crippen molar-refractivity contribution in [3.05, 3.63) is 34.9 Å². The first kappa shape index (κ1) is 14.7. The molecule has 100 valence electrons. The van der Waals surface area contributed by atoms with Crippen LogP contribution in [0.4, 0.5) is 17.6 Å². The molecule has 1 aromatic carbocycles. The topological polar surface area (TPSA) is 17.1 Å². The number of aryl methyl sites for hydroxylation is 2. The molecule has 0 N–H and O–H groups in total. The number of ketones is 1. The Morgan fingerprint density at radius 3 is 2.17 bits per heavy atom. The molecule has 0 radical (unpaired) electrons. The Morgan fingerprint density at radius 2 is 1.72 bits per heavy atom. The van der Waals surface area contributed by atoms with Gasteiger partial charge in [0.05, 0.1) is 0 Å². The maximum atomic E-state index is 12.9. The van der Waals surface area contributed by atoms with E-state index in [9.17, 15) is 22.4 Å². The Labute approximate surface area is 103 Å². The maximum absolute atomic E-state index is 12.9. The number of hydrogen-bond donors (Lipinski definition) is 0. The van der Waals surface area contributed by atoms with Crippen LogP contribution in [-0.2, 0) is 12.8 Å². The van der Waals surface area contributed by atoms with Gasteiger partial charge in [0.1, 0.15) is 0 Å². The van der Waals surface area contributed by atoms with E-state index in [-0.39, 0.29) is 5.56 Å². The molecule has 1 nitrogen and oxygen atoms in total. The van der Waals surface area contributed by atoms with Crippen LogP contribution in [-0.4, -0.2) is 18.1 Å². The van der Waals surface area contributed by atoms with Crippen molar-refractivity contribution in [3.63, 3.8) is 0 Å². The second-order valence-electron chi connectivity index (χ2n) is 3.94. The normalized spacial score (nSPS) is 11.9. The Hall–Kier alpha value is -1.39. The first-order chi connectivity index (χ1) is 8.34. The summed E-state index contributed by atoms with van der Waals surface area (Å²) in [5, 5.41) is 0. The molecule has 0 saturated heterocycles. The average molecular weight is 262 g/mol. The lowest BCUT2D eigenvalue weighted by Crippen LogP contribution is -2.36. The fourth-order valence-corrected chi connectivity index (χ4v) is 1.73. The van der Waals surface area contributed by atoms with Crippen molar-refractivity contribution in [2.24, 2.45) is 0 Å². The van der Waals surface area contributed by atoms with Crippen LogP contribution in [0.15, 0.2) is 18.2 Å². The highest BCUT2D eigenvalue weighted by Crippen LogP contribution is 2.28. The number of rotatable bonds is 5.